The number of nitrogens with zero attached hydrogens (tertiary/aromatic N) is 3. The number of benzene rings is 7. The van der Waals surface area contributed by atoms with Crippen LogP contribution < -0.4 is 0 Å². The summed E-state index contributed by atoms with van der Waals surface area (Å²) < 4.78 is 9.33. The Hall–Kier alpha value is -7.21. The highest BCUT2D eigenvalue weighted by molar-refractivity contribution is 7.25. The molecule has 11 aromatic rings. The van der Waals surface area contributed by atoms with Crippen molar-refractivity contribution in [3.8, 4) is 67.3 Å². The third-order valence-corrected chi connectivity index (χ3v) is 11.8. The second-order valence-electron chi connectivity index (χ2n) is 13.9. The third-order valence-electron chi connectivity index (χ3n) is 10.7. The van der Waals surface area contributed by atoms with E-state index in [0.29, 0.717) is 5.82 Å². The van der Waals surface area contributed by atoms with Crippen LogP contribution in [0.25, 0.3) is 109 Å². The first kappa shape index (κ1) is 32.2. The zero-order valence-corrected chi connectivity index (χ0v) is 30.9. The first-order valence-corrected chi connectivity index (χ1v) is 19.5. The van der Waals surface area contributed by atoms with Crippen molar-refractivity contribution >= 4 is 53.4 Å². The SMILES string of the molecule is c1ccc(-c2nc(-c3ccc(-c4ccc(-c5cccc6sc7ccccc7c56)c5c4oc4ccccc45)cc3)cc(-c3ccccc3-c3ccncc3)n2)cc1. The van der Waals surface area contributed by atoms with Crippen LogP contribution in [0.4, 0.5) is 0 Å². The summed E-state index contributed by atoms with van der Waals surface area (Å²) in [6.45, 7) is 0. The molecule has 262 valence electrons. The highest BCUT2D eigenvalue weighted by atomic mass is 32.1. The molecular weight excluding hydrogens is 703 g/mol. The number of furan rings is 1. The lowest BCUT2D eigenvalue weighted by atomic mass is 9.92. The van der Waals surface area contributed by atoms with E-state index in [1.54, 1.807) is 0 Å². The smallest absolute Gasteiger partial charge is 0.160 e. The van der Waals surface area contributed by atoms with E-state index < -0.39 is 0 Å². The molecule has 0 saturated heterocycles. The molecule has 0 amide bonds. The summed E-state index contributed by atoms with van der Waals surface area (Å²) in [5.74, 6) is 0.680. The van der Waals surface area contributed by atoms with Gasteiger partial charge in [-0.15, -0.1) is 11.3 Å². The minimum atomic E-state index is 0.680. The molecule has 0 aliphatic carbocycles. The molecule has 0 aliphatic heterocycles. The number of para-hydroxylation sites is 1. The van der Waals surface area contributed by atoms with Gasteiger partial charge in [-0.05, 0) is 70.3 Å². The summed E-state index contributed by atoms with van der Waals surface area (Å²) in [7, 11) is 0. The van der Waals surface area contributed by atoms with E-state index in [9.17, 15) is 0 Å². The van der Waals surface area contributed by atoms with Gasteiger partial charge in [0.2, 0.25) is 0 Å². The Labute approximate surface area is 327 Å². The molecule has 0 fully saturated rings. The van der Waals surface area contributed by atoms with Gasteiger partial charge in [-0.2, -0.15) is 0 Å². The standard InChI is InChI=1S/C51H31N3OS/c1-2-11-35(12-3-1)51-53-43(31-44(54-51)38-14-5-4-13-36(38)33-27-29-52-30-28-33)34-23-21-32(22-24-34)37-25-26-40(49-41-15-6-8-18-45(41)55-50(37)49)39-17-10-20-47-48(39)42-16-7-9-19-46(42)56-47/h1-31H. The Morgan fingerprint density at radius 3 is 1.88 bits per heavy atom. The van der Waals surface area contributed by atoms with E-state index in [1.807, 2.05) is 60.1 Å². The number of hydrogen-bond donors (Lipinski definition) is 0. The Morgan fingerprint density at radius 2 is 1.02 bits per heavy atom. The molecular formula is C51H31N3OS. The van der Waals surface area contributed by atoms with Crippen LogP contribution in [0.1, 0.15) is 0 Å². The molecule has 0 bridgehead atoms. The van der Waals surface area contributed by atoms with Crippen LogP contribution in [-0.2, 0) is 0 Å². The van der Waals surface area contributed by atoms with Crippen molar-refractivity contribution in [3.05, 3.63) is 188 Å². The number of hydrogen-bond acceptors (Lipinski definition) is 5. The van der Waals surface area contributed by atoms with Gasteiger partial charge in [-0.25, -0.2) is 9.97 Å². The molecule has 4 heterocycles. The van der Waals surface area contributed by atoms with Crippen LogP contribution in [0.3, 0.4) is 0 Å². The fraction of sp³-hybridized carbons (Fsp3) is 0. The Kier molecular flexibility index (Phi) is 7.64. The van der Waals surface area contributed by atoms with Gasteiger partial charge in [-0.3, -0.25) is 4.98 Å². The summed E-state index contributed by atoms with van der Waals surface area (Å²) >= 11 is 1.84. The number of aromatic nitrogens is 3. The third kappa shape index (κ3) is 5.40. The highest BCUT2D eigenvalue weighted by Gasteiger charge is 2.20. The zero-order chi connectivity index (χ0) is 37.0. The molecule has 4 nitrogen and oxygen atoms in total. The van der Waals surface area contributed by atoms with Gasteiger partial charge in [-0.1, -0.05) is 133 Å². The summed E-state index contributed by atoms with van der Waals surface area (Å²) in [5.41, 5.74) is 13.2. The Morgan fingerprint density at radius 1 is 0.393 bits per heavy atom. The lowest BCUT2D eigenvalue weighted by Crippen LogP contribution is -1.97. The zero-order valence-electron chi connectivity index (χ0n) is 30.1. The lowest BCUT2D eigenvalue weighted by Gasteiger charge is -2.13. The average Bonchev–Trinajstić information content (AvgIpc) is 3.86. The first-order valence-electron chi connectivity index (χ1n) is 18.7. The Balaban J connectivity index is 1.05. The monoisotopic (exact) mass is 733 g/mol. The van der Waals surface area contributed by atoms with E-state index in [0.717, 1.165) is 72.3 Å². The summed E-state index contributed by atoms with van der Waals surface area (Å²) in [5, 5.41) is 4.82. The van der Waals surface area contributed by atoms with Crippen LogP contribution in [0.2, 0.25) is 0 Å². The molecule has 56 heavy (non-hydrogen) atoms. The predicted octanol–water partition coefficient (Wildman–Crippen LogP) is 14.1. The van der Waals surface area contributed by atoms with E-state index in [-0.39, 0.29) is 0 Å². The fourth-order valence-electron chi connectivity index (χ4n) is 8.04. The summed E-state index contributed by atoms with van der Waals surface area (Å²) in [4.78, 5) is 14.5. The quantitative estimate of drug-likeness (QED) is 0.171. The maximum Gasteiger partial charge on any atom is 0.160 e. The van der Waals surface area contributed by atoms with Gasteiger partial charge in [0, 0.05) is 65.6 Å². The van der Waals surface area contributed by atoms with Crippen molar-refractivity contribution in [2.24, 2.45) is 0 Å². The largest absolute Gasteiger partial charge is 0.455 e. The first-order chi connectivity index (χ1) is 27.8. The highest BCUT2D eigenvalue weighted by Crippen LogP contribution is 2.46. The van der Waals surface area contributed by atoms with Crippen LogP contribution in [-0.4, -0.2) is 15.0 Å². The molecule has 0 atom stereocenters. The van der Waals surface area contributed by atoms with E-state index in [4.69, 9.17) is 14.4 Å². The number of pyridine rings is 1. The predicted molar refractivity (Wildman–Crippen MR) is 233 cm³/mol. The van der Waals surface area contributed by atoms with Crippen molar-refractivity contribution in [2.75, 3.05) is 0 Å². The van der Waals surface area contributed by atoms with Gasteiger partial charge in [0.1, 0.15) is 11.2 Å². The van der Waals surface area contributed by atoms with Crippen molar-refractivity contribution in [3.63, 3.8) is 0 Å². The molecule has 7 aromatic carbocycles. The number of thiophene rings is 1. The van der Waals surface area contributed by atoms with Gasteiger partial charge >= 0.3 is 0 Å². The van der Waals surface area contributed by atoms with Crippen LogP contribution in [0, 0.1) is 0 Å². The van der Waals surface area contributed by atoms with E-state index in [2.05, 4.69) is 145 Å². The van der Waals surface area contributed by atoms with Crippen molar-refractivity contribution in [2.45, 2.75) is 0 Å². The molecule has 4 aromatic heterocycles. The van der Waals surface area contributed by atoms with Crippen LogP contribution >= 0.6 is 11.3 Å². The molecule has 0 radical (unpaired) electrons. The normalized spacial score (nSPS) is 11.6. The minimum absolute atomic E-state index is 0.680. The maximum atomic E-state index is 6.75. The second-order valence-corrected chi connectivity index (χ2v) is 15.0. The molecule has 5 heteroatoms. The van der Waals surface area contributed by atoms with Crippen LogP contribution in [0.15, 0.2) is 193 Å². The molecule has 0 spiro atoms. The Bertz CT molecular complexity index is 3240. The molecule has 11 rings (SSSR count). The lowest BCUT2D eigenvalue weighted by molar-refractivity contribution is 0.670. The van der Waals surface area contributed by atoms with Crippen molar-refractivity contribution in [1.82, 2.24) is 15.0 Å². The van der Waals surface area contributed by atoms with Crippen molar-refractivity contribution in [1.29, 1.82) is 0 Å². The fourth-order valence-corrected chi connectivity index (χ4v) is 9.17. The molecule has 0 N–H and O–H groups in total. The van der Waals surface area contributed by atoms with Gasteiger partial charge < -0.3 is 4.42 Å². The number of fused-ring (bicyclic) bond motifs is 6. The van der Waals surface area contributed by atoms with Crippen molar-refractivity contribution < 1.29 is 4.42 Å². The maximum absolute atomic E-state index is 6.75. The minimum Gasteiger partial charge on any atom is -0.455 e. The second kappa shape index (κ2) is 13.3. The summed E-state index contributed by atoms with van der Waals surface area (Å²) in [6.07, 6.45) is 3.65. The topological polar surface area (TPSA) is 51.8 Å². The number of rotatable bonds is 6. The van der Waals surface area contributed by atoms with Gasteiger partial charge in [0.05, 0.1) is 11.4 Å². The van der Waals surface area contributed by atoms with E-state index in [1.165, 1.54) is 31.3 Å². The van der Waals surface area contributed by atoms with E-state index >= 15 is 0 Å². The molecule has 0 unspecified atom stereocenters. The average molecular weight is 734 g/mol. The van der Waals surface area contributed by atoms with Gasteiger partial charge in [0.15, 0.2) is 5.82 Å². The van der Waals surface area contributed by atoms with Crippen LogP contribution in [0.5, 0.6) is 0 Å². The summed E-state index contributed by atoms with van der Waals surface area (Å²) in [6, 6.07) is 61.7. The van der Waals surface area contributed by atoms with Gasteiger partial charge in [0.25, 0.3) is 0 Å². The molecule has 0 saturated carbocycles. The molecule has 0 aliphatic rings.